The van der Waals surface area contributed by atoms with E-state index in [0.717, 1.165) is 38.7 Å². The van der Waals surface area contributed by atoms with Crippen molar-refractivity contribution in [3.63, 3.8) is 0 Å². The fraction of sp³-hybridized carbons (Fsp3) is 0.480. The summed E-state index contributed by atoms with van der Waals surface area (Å²) >= 11 is 0. The number of benzene rings is 5. The highest BCUT2D eigenvalue weighted by atomic mass is 19.1. The number of nitrogens with one attached hydrogen (secondary N) is 13. The first kappa shape index (κ1) is 112. The summed E-state index contributed by atoms with van der Waals surface area (Å²) in [5.74, 6) is -15.5. The fourth-order valence-electron chi connectivity index (χ4n) is 17.7. The lowest BCUT2D eigenvalue weighted by molar-refractivity contribution is -0.145. The molecule has 145 heavy (non-hydrogen) atoms. The number of aromatic nitrogens is 1. The number of carboxylic acids is 7. The molecule has 3 aliphatic rings. The third-order valence-electron chi connectivity index (χ3n) is 25.7. The van der Waals surface area contributed by atoms with Gasteiger partial charge in [-0.1, -0.05) is 80.6 Å². The van der Waals surface area contributed by atoms with Crippen molar-refractivity contribution in [2.24, 2.45) is 23.5 Å². The molecule has 4 unspecified atom stereocenters. The van der Waals surface area contributed by atoms with Crippen LogP contribution < -0.4 is 85.1 Å². The van der Waals surface area contributed by atoms with Crippen molar-refractivity contribution in [3.05, 3.63) is 152 Å². The van der Waals surface area contributed by atoms with E-state index in [1.165, 1.54) is 48.3 Å². The zero-order chi connectivity index (χ0) is 105. The van der Waals surface area contributed by atoms with Gasteiger partial charge in [-0.05, 0) is 165 Å². The highest BCUT2D eigenvalue weighted by Gasteiger charge is 2.38. The van der Waals surface area contributed by atoms with E-state index in [4.69, 9.17) is 15.6 Å². The summed E-state index contributed by atoms with van der Waals surface area (Å²) in [6.07, 6.45) is -0.699. The van der Waals surface area contributed by atoms with Crippen LogP contribution in [0.5, 0.6) is 5.75 Å². The molecule has 1 aliphatic carbocycles. The average Bonchev–Trinajstić information content (AvgIpc) is 1.59. The van der Waals surface area contributed by atoms with Gasteiger partial charge in [-0.2, -0.15) is 0 Å². The number of aromatic amines is 1. The van der Waals surface area contributed by atoms with Crippen LogP contribution in [0.25, 0.3) is 32.9 Å². The number of hydrogen-bond acceptors (Lipinski definition) is 26. The summed E-state index contributed by atoms with van der Waals surface area (Å²) in [5.41, 5.74) is 7.32. The number of aliphatic carboxylic acids is 7. The highest BCUT2D eigenvalue weighted by Crippen LogP contribution is 2.36. The first-order valence-corrected chi connectivity index (χ1v) is 48.0. The topological polar surface area (TPSA) is 678 Å². The van der Waals surface area contributed by atoms with E-state index in [0.29, 0.717) is 49.6 Å². The molecule has 2 fully saturated rings. The molecule has 0 radical (unpaired) electrons. The minimum Gasteiger partial charge on any atom is -0.481 e. The second-order valence-electron chi connectivity index (χ2n) is 36.7. The Morgan fingerprint density at radius 3 is 1.77 bits per heavy atom. The summed E-state index contributed by atoms with van der Waals surface area (Å²) < 4.78 is 20.2. The number of carboxylic acid groups (broad SMARTS) is 7. The van der Waals surface area contributed by atoms with E-state index in [-0.39, 0.29) is 183 Å². The Balaban J connectivity index is 0.690. The number of carbonyl (C=O) groups is 17. The molecule has 10 rings (SSSR count). The molecular weight excluding hydrogens is 1890 g/mol. The van der Waals surface area contributed by atoms with Crippen molar-refractivity contribution >= 4 is 140 Å². The molecule has 1 saturated carbocycles. The van der Waals surface area contributed by atoms with Gasteiger partial charge in [-0.15, -0.1) is 0 Å². The van der Waals surface area contributed by atoms with Crippen LogP contribution in [0.3, 0.4) is 0 Å². The van der Waals surface area contributed by atoms with Crippen LogP contribution in [0.1, 0.15) is 137 Å². The SMILES string of the molecule is CC(C)[C@H](NC(=O)[C@H](CCC(=O)O)Nc1c(NCCN2CCN(CC(=O)O)CCN(C(CCC(=O)NCC3CCC(C(=O)NC(Cc4ccc5ccccc5c4)C(=O)NCCCCC(NC(=O)NC(CCC(=O)O)C(=O)O)C(=O)O)CC3)C(=O)O)CCN(CC(=O)O)CC2)c(=O)c1=O)C(=O)N[C@@H](CCCNC(N)=O)C(=O)Nc1ccc(OC(=O)N(C)Cc2ccc(-c3[nH]c4cc(F)cc5c4c3CCNC5=O)cc2)cc1. The van der Waals surface area contributed by atoms with Gasteiger partial charge >= 0.3 is 59.9 Å². The van der Waals surface area contributed by atoms with Crippen molar-refractivity contribution < 1.29 is 126 Å². The molecule has 7 aromatic rings. The summed E-state index contributed by atoms with van der Waals surface area (Å²) in [7, 11) is 1.53. The number of H-pyrrole nitrogens is 1. The number of primary amides is 1. The Morgan fingerprint density at radius 2 is 1.14 bits per heavy atom. The Labute approximate surface area is 831 Å². The van der Waals surface area contributed by atoms with Crippen LogP contribution in [0, 0.1) is 23.6 Å². The van der Waals surface area contributed by atoms with E-state index >= 15 is 0 Å². The predicted octanol–water partition coefficient (Wildman–Crippen LogP) is 3.04. The molecule has 6 aromatic carbocycles. The molecule has 0 bridgehead atoms. The number of ether oxygens (including phenoxy) is 1. The number of anilines is 3. The number of urea groups is 2. The van der Waals surface area contributed by atoms with E-state index < -0.39 is 205 Å². The zero-order valence-corrected chi connectivity index (χ0v) is 80.6. The van der Waals surface area contributed by atoms with Crippen molar-refractivity contribution in [2.75, 3.05) is 128 Å². The molecule has 3 heterocycles. The predicted molar refractivity (Wildman–Crippen MR) is 525 cm³/mol. The largest absolute Gasteiger partial charge is 0.481 e. The summed E-state index contributed by atoms with van der Waals surface area (Å²) in [6, 6.07) is 17.0. The minimum absolute atomic E-state index is 0.0123. The zero-order valence-electron chi connectivity index (χ0n) is 80.6. The van der Waals surface area contributed by atoms with Gasteiger partial charge in [-0.25, -0.2) is 28.4 Å². The minimum atomic E-state index is -1.60. The number of rotatable bonds is 52. The molecule has 1 saturated heterocycles. The molecule has 1 aromatic heterocycles. The monoisotopic (exact) mass is 2020 g/mol. The van der Waals surface area contributed by atoms with E-state index in [9.17, 15) is 126 Å². The van der Waals surface area contributed by atoms with Crippen LogP contribution >= 0.6 is 0 Å². The number of hydrogen-bond donors (Lipinski definition) is 21. The van der Waals surface area contributed by atoms with E-state index in [2.05, 4.69) is 68.8 Å². The Kier molecular flexibility index (Phi) is 41.8. The quantitative estimate of drug-likeness (QED) is 0.0192. The maximum atomic E-state index is 14.6. The Bertz CT molecular complexity index is 5860. The molecule has 782 valence electrons. The molecule has 12 amide bonds. The standard InChI is InChI=1S/C98H126FN19O27/c1-55(2)81(92(135)109-68(12-8-35-104-96(100)142)90(133)106-64-23-25-65(26-24-64)145-98(144)114(3)52-57-15-19-60(20-16-57)82-66-33-36-103-88(131)67-49-63(99)50-72(108-82)80(66)67)113-91(134)69(27-31-76(120)121)107-84-83(85(128)86(84)129)101-37-38-115-39-41-116(53-78(124)125)43-45-118(46-44-117(42-40-115)54-79(126)127)74(95(140)141)29-30-75(119)105-51-56-13-21-61(22-14-56)87(130)110-73(48-58-17-18-59-9-4-5-10-62(59)47-58)89(132)102-34-7-6-11-70(93(136)137)111-97(143)112-71(94(138)139)28-32-77(122)123/h4-5,9-10,15-20,23-26,47,49-50,55-56,61,68-71,73-74,81,101,107-108H,6-8,11-14,21-22,27-46,48,51-54H2,1-3H3,(H,102,132)(H,103,131)(H,105,119)(H,106,133)(H,109,135)(H,110,130)(H,113,134)(H,120,121)(H,122,123)(H,124,125)(H,126,127)(H,136,137)(H,138,139)(H,140,141)(H3,100,104,142)(H2,111,112,143)/t56?,61?,68-,69-,70?,71?,73?,74?,81-/m0/s1. The third kappa shape index (κ3) is 34.2. The summed E-state index contributed by atoms with van der Waals surface area (Å²) in [5, 5.41) is 103. The van der Waals surface area contributed by atoms with Gasteiger partial charge in [0.2, 0.25) is 35.4 Å². The molecular formula is C98H126FN19O27. The first-order valence-electron chi connectivity index (χ1n) is 48.0. The molecule has 47 heteroatoms. The molecule has 0 spiro atoms. The summed E-state index contributed by atoms with van der Waals surface area (Å²) in [4.78, 5) is 258. The van der Waals surface area contributed by atoms with Gasteiger partial charge in [-0.3, -0.25) is 86.7 Å². The number of fused-ring (bicyclic) bond motifs is 1. The molecule has 2 aliphatic heterocycles. The van der Waals surface area contributed by atoms with Crippen LogP contribution in [-0.4, -0.2) is 321 Å². The third-order valence-corrected chi connectivity index (χ3v) is 25.7. The van der Waals surface area contributed by atoms with Gasteiger partial charge < -0.3 is 120 Å². The van der Waals surface area contributed by atoms with Gasteiger partial charge in [0, 0.05) is 159 Å². The van der Waals surface area contributed by atoms with Crippen molar-refractivity contribution in [1.29, 1.82) is 0 Å². The lowest BCUT2D eigenvalue weighted by Crippen LogP contribution is -2.57. The Hall–Kier alpha value is -15.3. The average molecular weight is 2020 g/mol. The van der Waals surface area contributed by atoms with Gasteiger partial charge in [0.1, 0.15) is 65.2 Å². The lowest BCUT2D eigenvalue weighted by atomic mass is 9.81. The number of unbranched alkanes of at least 4 members (excludes halogenated alkanes) is 1. The van der Waals surface area contributed by atoms with Crippen LogP contribution in [-0.2, 0) is 81.7 Å². The number of nitrogens with two attached hydrogens (primary N) is 1. The second kappa shape index (κ2) is 54.3. The van der Waals surface area contributed by atoms with Crippen LogP contribution in [0.4, 0.5) is 35.8 Å². The normalized spacial score (nSPS) is 16.4. The second-order valence-corrected chi connectivity index (χ2v) is 36.7. The Morgan fingerprint density at radius 1 is 0.545 bits per heavy atom. The number of nitrogens with zero attached hydrogens (tertiary/aromatic N) is 5. The van der Waals surface area contributed by atoms with Gasteiger partial charge in [0.05, 0.1) is 18.7 Å². The van der Waals surface area contributed by atoms with Crippen LogP contribution in [0.15, 0.2) is 113 Å². The smallest absolute Gasteiger partial charge is 0.415 e. The van der Waals surface area contributed by atoms with Gasteiger partial charge in [0.25, 0.3) is 16.8 Å². The van der Waals surface area contributed by atoms with Crippen LogP contribution in [0.2, 0.25) is 0 Å². The first-order chi connectivity index (χ1) is 69.1. The number of carbonyl (C=O) groups excluding carboxylic acids is 10. The van der Waals surface area contributed by atoms with E-state index in [1.54, 1.807) is 28.5 Å². The molecule has 46 nitrogen and oxygen atoms in total. The van der Waals surface area contributed by atoms with Crippen molar-refractivity contribution in [2.45, 2.75) is 172 Å². The van der Waals surface area contributed by atoms with Crippen molar-refractivity contribution in [1.82, 2.24) is 77.3 Å². The molecule has 22 N–H and O–H groups in total. The number of amides is 12. The summed E-state index contributed by atoms with van der Waals surface area (Å²) in [6.45, 7) is 3.07. The number of halogens is 1. The van der Waals surface area contributed by atoms with E-state index in [1.807, 2.05) is 71.6 Å². The maximum absolute atomic E-state index is 14.6. The van der Waals surface area contributed by atoms with Crippen molar-refractivity contribution in [3.8, 4) is 17.0 Å². The highest BCUT2D eigenvalue weighted by molar-refractivity contribution is 6.10. The van der Waals surface area contributed by atoms with Gasteiger partial charge in [0.15, 0.2) is 0 Å². The maximum Gasteiger partial charge on any atom is 0.415 e. The fourth-order valence-corrected chi connectivity index (χ4v) is 17.7. The molecule has 7 atom stereocenters. The lowest BCUT2D eigenvalue weighted by Gasteiger charge is -2.35.